The summed E-state index contributed by atoms with van der Waals surface area (Å²) in [5.74, 6) is 0.369. The average molecular weight is 383 g/mol. The van der Waals surface area contributed by atoms with Gasteiger partial charge < -0.3 is 19.9 Å². The lowest BCUT2D eigenvalue weighted by Crippen LogP contribution is -2.48. The first-order valence-corrected chi connectivity index (χ1v) is 9.09. The number of rotatable bonds is 5. The van der Waals surface area contributed by atoms with Gasteiger partial charge in [-0.25, -0.2) is 4.79 Å². The maximum absolute atomic E-state index is 12.3. The van der Waals surface area contributed by atoms with Crippen LogP contribution in [0.4, 0.5) is 18.0 Å². The van der Waals surface area contributed by atoms with E-state index in [-0.39, 0.29) is 12.6 Å². The molecule has 148 valence electrons. The Morgan fingerprint density at radius 1 is 1.33 bits per heavy atom. The molecule has 2 amide bonds. The van der Waals surface area contributed by atoms with E-state index >= 15 is 0 Å². The largest absolute Gasteiger partial charge is 0.411 e. The van der Waals surface area contributed by atoms with Crippen LogP contribution in [-0.4, -0.2) is 54.4 Å². The van der Waals surface area contributed by atoms with Gasteiger partial charge in [0.2, 0.25) is 0 Å². The third-order valence-electron chi connectivity index (χ3n) is 4.78. The van der Waals surface area contributed by atoms with E-state index in [0.717, 1.165) is 18.4 Å². The second-order valence-corrected chi connectivity index (χ2v) is 7.05. The number of aromatic nitrogens is 1. The monoisotopic (exact) mass is 383 g/mol. The Kier molecular flexibility index (Phi) is 5.94. The maximum atomic E-state index is 12.3. The smallest absolute Gasteiger partial charge is 0.370 e. The first kappa shape index (κ1) is 19.5. The SMILES string of the molecule is CC(COCC(F)(F)F)NC(=O)N1CCC(c2cc3ccccc3[nH]2)CC1. The lowest BCUT2D eigenvalue weighted by molar-refractivity contribution is -0.174. The second-order valence-electron chi connectivity index (χ2n) is 7.05. The molecule has 5 nitrogen and oxygen atoms in total. The topological polar surface area (TPSA) is 57.4 Å². The maximum Gasteiger partial charge on any atom is 0.411 e. The van der Waals surface area contributed by atoms with E-state index in [1.165, 1.54) is 11.1 Å². The number of alkyl halides is 3. The highest BCUT2D eigenvalue weighted by molar-refractivity contribution is 5.80. The third-order valence-corrected chi connectivity index (χ3v) is 4.78. The molecule has 1 aromatic carbocycles. The van der Waals surface area contributed by atoms with Gasteiger partial charge >= 0.3 is 12.2 Å². The van der Waals surface area contributed by atoms with Gasteiger partial charge in [-0.1, -0.05) is 18.2 Å². The van der Waals surface area contributed by atoms with Gasteiger partial charge in [-0.15, -0.1) is 0 Å². The van der Waals surface area contributed by atoms with Gasteiger partial charge in [0.15, 0.2) is 0 Å². The normalized spacial score (nSPS) is 17.3. The molecule has 1 fully saturated rings. The number of H-pyrrole nitrogens is 1. The standard InChI is InChI=1S/C19H24F3N3O2/c1-13(11-27-12-19(20,21)22)23-18(26)25-8-6-14(7-9-25)17-10-15-4-2-3-5-16(15)24-17/h2-5,10,13-14,24H,6-9,11-12H2,1H3,(H,23,26). The van der Waals surface area contributed by atoms with Crippen molar-refractivity contribution in [3.63, 3.8) is 0 Å². The minimum atomic E-state index is -4.35. The zero-order valence-electron chi connectivity index (χ0n) is 15.2. The Morgan fingerprint density at radius 2 is 2.04 bits per heavy atom. The van der Waals surface area contributed by atoms with Crippen LogP contribution in [0.1, 0.15) is 31.4 Å². The lowest BCUT2D eigenvalue weighted by atomic mass is 9.94. The Hall–Kier alpha value is -2.22. The molecular weight excluding hydrogens is 359 g/mol. The number of carbonyl (C=O) groups excluding carboxylic acids is 1. The summed E-state index contributed by atoms with van der Waals surface area (Å²) in [5.41, 5.74) is 2.30. The summed E-state index contributed by atoms with van der Waals surface area (Å²) < 4.78 is 40.8. The fourth-order valence-electron chi connectivity index (χ4n) is 3.40. The number of nitrogens with zero attached hydrogens (tertiary/aromatic N) is 1. The van der Waals surface area contributed by atoms with E-state index in [1.807, 2.05) is 18.2 Å². The first-order valence-electron chi connectivity index (χ1n) is 9.09. The highest BCUT2D eigenvalue weighted by Crippen LogP contribution is 2.29. The number of nitrogens with one attached hydrogen (secondary N) is 2. The number of hydrogen-bond acceptors (Lipinski definition) is 2. The summed E-state index contributed by atoms with van der Waals surface area (Å²) in [7, 11) is 0. The van der Waals surface area contributed by atoms with Crippen molar-refractivity contribution in [2.75, 3.05) is 26.3 Å². The van der Waals surface area contributed by atoms with E-state index in [2.05, 4.69) is 27.2 Å². The number of likely N-dealkylation sites (tertiary alicyclic amines) is 1. The number of hydrogen-bond donors (Lipinski definition) is 2. The van der Waals surface area contributed by atoms with Crippen molar-refractivity contribution in [1.29, 1.82) is 0 Å². The highest BCUT2D eigenvalue weighted by Gasteiger charge is 2.28. The van der Waals surface area contributed by atoms with Crippen molar-refractivity contribution in [3.8, 4) is 0 Å². The Bertz CT molecular complexity index is 734. The van der Waals surface area contributed by atoms with E-state index in [1.54, 1.807) is 11.8 Å². The first-order chi connectivity index (χ1) is 12.8. The molecule has 0 saturated carbocycles. The molecule has 0 aliphatic carbocycles. The van der Waals surface area contributed by atoms with Gasteiger partial charge in [-0.3, -0.25) is 0 Å². The van der Waals surface area contributed by atoms with E-state index in [4.69, 9.17) is 0 Å². The number of aromatic amines is 1. The van der Waals surface area contributed by atoms with E-state index < -0.39 is 18.8 Å². The zero-order valence-corrected chi connectivity index (χ0v) is 15.2. The molecule has 3 rings (SSSR count). The number of para-hydroxylation sites is 1. The predicted octanol–water partition coefficient (Wildman–Crippen LogP) is 4.02. The average Bonchev–Trinajstić information content (AvgIpc) is 3.05. The minimum Gasteiger partial charge on any atom is -0.370 e. The Morgan fingerprint density at radius 3 is 2.70 bits per heavy atom. The van der Waals surface area contributed by atoms with Crippen LogP contribution in [0.2, 0.25) is 0 Å². The van der Waals surface area contributed by atoms with Crippen LogP contribution in [0, 0.1) is 0 Å². The molecule has 8 heteroatoms. The van der Waals surface area contributed by atoms with Gasteiger partial charge in [0.05, 0.1) is 12.6 Å². The van der Waals surface area contributed by atoms with Crippen LogP contribution >= 0.6 is 0 Å². The predicted molar refractivity (Wildman–Crippen MR) is 96.7 cm³/mol. The molecule has 1 aromatic heterocycles. The summed E-state index contributed by atoms with van der Waals surface area (Å²) in [6.07, 6.45) is -2.66. The number of ether oxygens (including phenoxy) is 1. The van der Waals surface area contributed by atoms with Crippen molar-refractivity contribution in [2.24, 2.45) is 0 Å². The molecule has 27 heavy (non-hydrogen) atoms. The molecule has 2 heterocycles. The molecule has 0 spiro atoms. The molecule has 2 aromatic rings. The summed E-state index contributed by atoms with van der Waals surface area (Å²) >= 11 is 0. The molecule has 1 aliphatic heterocycles. The van der Waals surface area contributed by atoms with Crippen molar-refractivity contribution < 1.29 is 22.7 Å². The van der Waals surface area contributed by atoms with E-state index in [0.29, 0.717) is 19.0 Å². The van der Waals surface area contributed by atoms with Gasteiger partial charge in [-0.05, 0) is 37.3 Å². The molecule has 1 aliphatic rings. The fraction of sp³-hybridized carbons (Fsp3) is 0.526. The molecule has 1 saturated heterocycles. The van der Waals surface area contributed by atoms with Crippen molar-refractivity contribution >= 4 is 16.9 Å². The zero-order chi connectivity index (χ0) is 19.4. The van der Waals surface area contributed by atoms with Crippen molar-refractivity contribution in [1.82, 2.24) is 15.2 Å². The number of fused-ring (bicyclic) bond motifs is 1. The number of amides is 2. The number of urea groups is 1. The van der Waals surface area contributed by atoms with Gasteiger partial charge in [-0.2, -0.15) is 13.2 Å². The van der Waals surface area contributed by atoms with E-state index in [9.17, 15) is 18.0 Å². The fourth-order valence-corrected chi connectivity index (χ4v) is 3.40. The van der Waals surface area contributed by atoms with Crippen LogP contribution in [0.25, 0.3) is 10.9 Å². The Balaban J connectivity index is 1.45. The minimum absolute atomic E-state index is 0.170. The quantitative estimate of drug-likeness (QED) is 0.819. The number of halogens is 3. The van der Waals surface area contributed by atoms with Crippen LogP contribution in [0.5, 0.6) is 0 Å². The van der Waals surface area contributed by atoms with Crippen molar-refractivity contribution in [2.45, 2.75) is 37.9 Å². The van der Waals surface area contributed by atoms with Crippen LogP contribution in [0.3, 0.4) is 0 Å². The third kappa shape index (κ3) is 5.38. The van der Waals surface area contributed by atoms with Crippen molar-refractivity contribution in [3.05, 3.63) is 36.0 Å². The lowest BCUT2D eigenvalue weighted by Gasteiger charge is -2.32. The molecule has 1 unspecified atom stereocenters. The van der Waals surface area contributed by atoms with Crippen LogP contribution < -0.4 is 5.32 Å². The number of benzene rings is 1. The molecule has 0 radical (unpaired) electrons. The van der Waals surface area contributed by atoms with Gasteiger partial charge in [0.25, 0.3) is 0 Å². The summed E-state index contributed by atoms with van der Waals surface area (Å²) in [6, 6.07) is 9.54. The van der Waals surface area contributed by atoms with Gasteiger partial charge in [0, 0.05) is 30.2 Å². The molecule has 0 bridgehead atoms. The second kappa shape index (κ2) is 8.21. The summed E-state index contributed by atoms with van der Waals surface area (Å²) in [6.45, 7) is 1.38. The number of piperidine rings is 1. The van der Waals surface area contributed by atoms with Crippen LogP contribution in [-0.2, 0) is 4.74 Å². The number of carbonyl (C=O) groups is 1. The summed E-state index contributed by atoms with van der Waals surface area (Å²) in [4.78, 5) is 17.4. The molecular formula is C19H24F3N3O2. The Labute approximate surface area is 155 Å². The van der Waals surface area contributed by atoms with Crippen LogP contribution in [0.15, 0.2) is 30.3 Å². The molecule has 1 atom stereocenters. The summed E-state index contributed by atoms with van der Waals surface area (Å²) in [5, 5.41) is 3.88. The highest BCUT2D eigenvalue weighted by atomic mass is 19.4. The van der Waals surface area contributed by atoms with Gasteiger partial charge in [0.1, 0.15) is 6.61 Å². The molecule has 2 N–H and O–H groups in total.